The molecule has 0 unspecified atom stereocenters. The molecule has 0 fully saturated rings. The Morgan fingerprint density at radius 3 is 0.956 bits per heavy atom. The Bertz CT molecular complexity index is 5870. The number of aryl methyl sites for hydroxylation is 24. The Morgan fingerprint density at radius 1 is 0.212 bits per heavy atom. The van der Waals surface area contributed by atoms with E-state index in [1.807, 2.05) is 0 Å². The largest absolute Gasteiger partial charge is 0.213 e. The van der Waals surface area contributed by atoms with E-state index in [4.69, 9.17) is 0 Å². The van der Waals surface area contributed by atoms with Gasteiger partial charge in [-0.15, -0.1) is 0 Å². The Balaban J connectivity index is 0.000000150. The van der Waals surface area contributed by atoms with Crippen LogP contribution in [0.5, 0.6) is 0 Å². The highest BCUT2D eigenvalue weighted by atomic mass is 14.9. The van der Waals surface area contributed by atoms with Crippen molar-refractivity contribution in [3.8, 4) is 112 Å². The Kier molecular flexibility index (Phi) is 25.5. The van der Waals surface area contributed by atoms with Gasteiger partial charge in [-0.05, 0) is 325 Å². The predicted octanol–water partition coefficient (Wildman–Crippen LogP) is 26.5. The number of rotatable bonds is 11. The van der Waals surface area contributed by atoms with Crippen LogP contribution in [0, 0.1) is 144 Å². The first-order valence-corrected chi connectivity index (χ1v) is 40.4. The first-order chi connectivity index (χ1) is 53.5. The summed E-state index contributed by atoms with van der Waals surface area (Å²) in [5, 5.41) is 0. The second-order valence-corrected chi connectivity index (χ2v) is 34.1. The Morgan fingerprint density at radius 2 is 0.531 bits per heavy atom. The van der Waals surface area contributed by atoms with Gasteiger partial charge in [0.2, 0.25) is 22.8 Å². The van der Waals surface area contributed by atoms with E-state index in [9.17, 15) is 0 Å². The van der Waals surface area contributed by atoms with Gasteiger partial charge < -0.3 is 0 Å². The van der Waals surface area contributed by atoms with Crippen LogP contribution in [-0.2, 0) is 34.6 Å². The Hall–Kier alpha value is -11.2. The summed E-state index contributed by atoms with van der Waals surface area (Å²) in [6, 6.07) is 78.8. The van der Waals surface area contributed by atoms with E-state index in [1.54, 1.807) is 0 Å². The van der Waals surface area contributed by atoms with Gasteiger partial charge in [-0.3, -0.25) is 0 Å². The summed E-state index contributed by atoms with van der Waals surface area (Å²) in [6.07, 6.45) is 9.94. The fourth-order valence-electron chi connectivity index (χ4n) is 16.9. The van der Waals surface area contributed by atoms with Crippen molar-refractivity contribution in [1.29, 1.82) is 0 Å². The molecule has 0 bridgehead atoms. The second kappa shape index (κ2) is 34.8. The molecule has 0 spiro atoms. The molecule has 0 amide bonds. The normalized spacial score (nSPS) is 11.2. The number of nitrogens with zero attached hydrogens (tertiary/aromatic N) is 4. The average molecular weight is 1490 g/mol. The third kappa shape index (κ3) is 19.1. The van der Waals surface area contributed by atoms with Gasteiger partial charge in [-0.1, -0.05) is 195 Å². The lowest BCUT2D eigenvalue weighted by molar-refractivity contribution is -0.660. The molecule has 4 aromatic heterocycles. The number of aromatic nitrogens is 4. The van der Waals surface area contributed by atoms with Gasteiger partial charge in [0.1, 0.15) is 28.2 Å². The molecule has 0 radical (unpaired) electrons. The molecule has 0 aliphatic heterocycles. The van der Waals surface area contributed by atoms with Crippen LogP contribution in [0.15, 0.2) is 237 Å². The molecule has 0 atom stereocenters. The molecule has 14 rings (SSSR count). The topological polar surface area (TPSA) is 15.5 Å². The first kappa shape index (κ1) is 82.8. The molecule has 574 valence electrons. The first-order valence-electron chi connectivity index (χ1n) is 40.4. The zero-order valence-corrected chi connectivity index (χ0v) is 73.0. The Labute approximate surface area is 678 Å². The van der Waals surface area contributed by atoms with Crippen molar-refractivity contribution >= 4 is 0 Å². The molecule has 14 aromatic rings. The van der Waals surface area contributed by atoms with Gasteiger partial charge in [0.05, 0.1) is 0 Å². The monoisotopic (exact) mass is 1490 g/mol. The summed E-state index contributed by atoms with van der Waals surface area (Å²) >= 11 is 0. The zero-order valence-electron chi connectivity index (χ0n) is 73.0. The van der Waals surface area contributed by atoms with Crippen molar-refractivity contribution in [3.63, 3.8) is 0 Å². The highest BCUT2D eigenvalue weighted by molar-refractivity contribution is 5.84. The number of hydrogen-bond donors (Lipinski definition) is 0. The lowest BCUT2D eigenvalue weighted by atomic mass is 9.87. The van der Waals surface area contributed by atoms with E-state index in [1.165, 1.54) is 229 Å². The van der Waals surface area contributed by atoms with Crippen molar-refractivity contribution < 1.29 is 18.3 Å². The van der Waals surface area contributed by atoms with Gasteiger partial charge in [-0.2, -0.15) is 0 Å². The number of benzene rings is 10. The molecular formula is C109H122N4+4. The predicted molar refractivity (Wildman–Crippen MR) is 483 cm³/mol. The van der Waals surface area contributed by atoms with Crippen molar-refractivity contribution in [2.24, 2.45) is 33.6 Å². The molecule has 10 aromatic carbocycles. The van der Waals surface area contributed by atoms with E-state index in [0.29, 0.717) is 0 Å². The maximum Gasteiger partial charge on any atom is 0.213 e. The van der Waals surface area contributed by atoms with Gasteiger partial charge in [0.15, 0.2) is 24.8 Å². The zero-order chi connectivity index (χ0) is 81.8. The third-order valence-electron chi connectivity index (χ3n) is 22.8. The molecule has 0 saturated heterocycles. The fourth-order valence-corrected chi connectivity index (χ4v) is 16.9. The molecule has 4 heteroatoms. The van der Waals surface area contributed by atoms with E-state index in [2.05, 4.69) is 443 Å². The highest BCUT2D eigenvalue weighted by Gasteiger charge is 2.25. The lowest BCUT2D eigenvalue weighted by Gasteiger charge is -2.18. The van der Waals surface area contributed by atoms with Gasteiger partial charge in [-0.25, -0.2) is 18.3 Å². The van der Waals surface area contributed by atoms with Crippen molar-refractivity contribution in [2.45, 2.75) is 166 Å². The lowest BCUT2D eigenvalue weighted by Crippen LogP contribution is -2.31. The van der Waals surface area contributed by atoms with Crippen LogP contribution < -0.4 is 18.3 Å². The molecule has 4 nitrogen and oxygen atoms in total. The van der Waals surface area contributed by atoms with Crippen LogP contribution in [0.3, 0.4) is 0 Å². The molecule has 0 saturated carbocycles. The third-order valence-corrected chi connectivity index (χ3v) is 22.8. The number of hydrogen-bond acceptors (Lipinski definition) is 0. The summed E-state index contributed by atoms with van der Waals surface area (Å²) in [5.41, 5.74) is 53.9. The summed E-state index contributed by atoms with van der Waals surface area (Å²) in [4.78, 5) is 0. The highest BCUT2D eigenvalue weighted by Crippen LogP contribution is 2.41. The molecule has 113 heavy (non-hydrogen) atoms. The van der Waals surface area contributed by atoms with Crippen LogP contribution in [0.4, 0.5) is 0 Å². The molecular weight excluding hydrogens is 1370 g/mol. The van der Waals surface area contributed by atoms with E-state index in [-0.39, 0.29) is 5.41 Å². The quantitative estimate of drug-likeness (QED) is 0.115. The van der Waals surface area contributed by atoms with Crippen LogP contribution >= 0.6 is 0 Å². The minimum absolute atomic E-state index is 0.284. The van der Waals surface area contributed by atoms with E-state index < -0.39 is 0 Å². The summed E-state index contributed by atoms with van der Waals surface area (Å²) in [5.74, 6) is 0. The van der Waals surface area contributed by atoms with Gasteiger partial charge in [0.25, 0.3) is 0 Å². The molecule has 0 N–H and O–H groups in total. The maximum absolute atomic E-state index is 2.39. The van der Waals surface area contributed by atoms with Crippen LogP contribution in [0.25, 0.3) is 112 Å². The number of pyridine rings is 4. The SMILES string of the molecule is Cc1cc(C)c(-c2cc(-c3cc(-c4ccccc4C)c(C)cc3C)[n+](C)cc2C)c(C)c1.Cc1ccc(-c2cc(-c3cc(-c4ccccc4C)c(C)cc3C)[n+](C)cc2C)c(C)c1.Cc1ccc(-c2cc(-c3cc(C)cc[n+]3C)c(C)cc2C)cc1.Cc1ccc(-c2cc(-c3cc(CC(C)(C)C)cc[n+]3C)c(C)cc2C)cc1. The summed E-state index contributed by atoms with van der Waals surface area (Å²) < 4.78 is 8.98. The molecule has 0 aliphatic rings. The maximum atomic E-state index is 2.39. The van der Waals surface area contributed by atoms with Gasteiger partial charge in [0, 0.05) is 69.8 Å². The van der Waals surface area contributed by atoms with E-state index in [0.717, 1.165) is 6.42 Å². The van der Waals surface area contributed by atoms with Crippen molar-refractivity contribution in [1.82, 2.24) is 0 Å². The van der Waals surface area contributed by atoms with Crippen molar-refractivity contribution in [3.05, 3.63) is 354 Å². The molecule has 4 heterocycles. The van der Waals surface area contributed by atoms with Crippen LogP contribution in [-0.4, -0.2) is 0 Å². The summed E-state index contributed by atoms with van der Waals surface area (Å²) in [6.45, 7) is 50.8. The average Bonchev–Trinajstić information content (AvgIpc) is 0.777. The standard InChI is InChI=1S/C31H34N.C30H32N.C26H32N.C22H24N/c1-19-13-23(5)31(24(6)14-19)29-17-30(32(8)18-25(29)7)28-16-27(21(3)15-22(28)4)26-12-10-9-11-20(26)2;1-19-12-13-26(21(3)14-19)28-17-30(31(7)18-24(28)6)29-16-27(22(4)15-23(29)5)25-11-9-8-10-20(25)2;1-18-8-10-22(11-9-18)23-16-24(20(3)14-19(23)2)25-15-21(12-13-27(25)7)17-26(4,5)6;1-15-6-8-19(9-7-15)20-14-21(18(4)13-17(20)3)22-12-16(2)10-11-23(22)5/h9-18H,1-8H3;8-18H,1-7H3;8-16H,17H2,1-7H3;6-14H,1-5H3/q4*+1. The van der Waals surface area contributed by atoms with Crippen LogP contribution in [0.1, 0.15) is 138 Å². The minimum atomic E-state index is 0.284. The summed E-state index contributed by atoms with van der Waals surface area (Å²) in [7, 11) is 8.56. The van der Waals surface area contributed by atoms with Crippen LogP contribution in [0.2, 0.25) is 0 Å². The second-order valence-electron chi connectivity index (χ2n) is 34.1. The minimum Gasteiger partial charge on any atom is -0.201 e. The van der Waals surface area contributed by atoms with E-state index >= 15 is 0 Å². The smallest absolute Gasteiger partial charge is 0.201 e. The van der Waals surface area contributed by atoms with Crippen molar-refractivity contribution in [2.75, 3.05) is 0 Å². The fraction of sp³-hybridized carbons (Fsp3) is 0.266. The molecule has 0 aliphatic carbocycles. The van der Waals surface area contributed by atoms with Gasteiger partial charge >= 0.3 is 0 Å².